The quantitative estimate of drug-likeness (QED) is 0.509. The Hall–Kier alpha value is 0.620. The molecule has 6 heteroatoms. The summed E-state index contributed by atoms with van der Waals surface area (Å²) in [5.41, 5.74) is 0. The van der Waals surface area contributed by atoms with Crippen molar-refractivity contribution in [3.05, 3.63) is 0 Å². The van der Waals surface area contributed by atoms with E-state index in [0.29, 0.717) is 11.5 Å². The fourth-order valence-electron chi connectivity index (χ4n) is 0.423. The van der Waals surface area contributed by atoms with Crippen LogP contribution in [0.15, 0.2) is 0 Å². The standard InChI is InChI=1S/C6H8Cl2O2S2/c7-5(9)3-11-1-2-12-4-6(8)10/h1-4H2. The van der Waals surface area contributed by atoms with Crippen LogP contribution < -0.4 is 0 Å². The summed E-state index contributed by atoms with van der Waals surface area (Å²) in [5.74, 6) is 2.29. The van der Waals surface area contributed by atoms with Gasteiger partial charge in [0.2, 0.25) is 10.5 Å². The Morgan fingerprint density at radius 3 is 1.50 bits per heavy atom. The van der Waals surface area contributed by atoms with Gasteiger partial charge in [0.05, 0.1) is 11.5 Å². The molecule has 0 unspecified atom stereocenters. The Labute approximate surface area is 89.7 Å². The SMILES string of the molecule is O=C(Cl)CSCCSCC(=O)Cl. The molecular formula is C6H8Cl2O2S2. The van der Waals surface area contributed by atoms with E-state index < -0.39 is 0 Å². The summed E-state index contributed by atoms with van der Waals surface area (Å²) in [5, 5.41) is -0.670. The zero-order chi connectivity index (χ0) is 9.40. The van der Waals surface area contributed by atoms with Crippen LogP contribution >= 0.6 is 46.7 Å². The first-order chi connectivity index (χ1) is 5.63. The van der Waals surface area contributed by atoms with Crippen molar-refractivity contribution in [3.8, 4) is 0 Å². The number of hydrogen-bond acceptors (Lipinski definition) is 4. The van der Waals surface area contributed by atoms with Crippen molar-refractivity contribution in [3.63, 3.8) is 0 Å². The summed E-state index contributed by atoms with van der Waals surface area (Å²) in [4.78, 5) is 20.5. The lowest BCUT2D eigenvalue weighted by atomic mass is 10.9. The molecular weight excluding hydrogens is 239 g/mol. The predicted molar refractivity (Wildman–Crippen MR) is 56.4 cm³/mol. The molecule has 0 radical (unpaired) electrons. The van der Waals surface area contributed by atoms with Crippen LogP contribution in [0.25, 0.3) is 0 Å². The molecule has 0 aromatic carbocycles. The van der Waals surface area contributed by atoms with Gasteiger partial charge >= 0.3 is 0 Å². The first-order valence-electron chi connectivity index (χ1n) is 3.15. The number of carbonyl (C=O) groups is 2. The van der Waals surface area contributed by atoms with E-state index in [9.17, 15) is 9.59 Å². The Bertz CT molecular complexity index is 146. The number of hydrogen-bond donors (Lipinski definition) is 0. The minimum absolute atomic E-state index is 0.330. The Balaban J connectivity index is 3.01. The highest BCUT2D eigenvalue weighted by atomic mass is 35.5. The van der Waals surface area contributed by atoms with Gasteiger partial charge in [-0.3, -0.25) is 9.59 Å². The van der Waals surface area contributed by atoms with E-state index in [4.69, 9.17) is 23.2 Å². The lowest BCUT2D eigenvalue weighted by Crippen LogP contribution is -1.96. The van der Waals surface area contributed by atoms with Crippen molar-refractivity contribution < 1.29 is 9.59 Å². The monoisotopic (exact) mass is 246 g/mol. The third-order valence-electron chi connectivity index (χ3n) is 0.803. The fraction of sp³-hybridized carbons (Fsp3) is 0.667. The first-order valence-corrected chi connectivity index (χ1v) is 6.21. The van der Waals surface area contributed by atoms with Gasteiger partial charge in [-0.15, -0.1) is 0 Å². The van der Waals surface area contributed by atoms with Gasteiger partial charge in [-0.05, 0) is 23.2 Å². The lowest BCUT2D eigenvalue weighted by Gasteiger charge is -1.96. The molecule has 2 nitrogen and oxygen atoms in total. The maximum absolute atomic E-state index is 10.2. The minimum atomic E-state index is -0.335. The average molecular weight is 247 g/mol. The first kappa shape index (κ1) is 12.6. The summed E-state index contributed by atoms with van der Waals surface area (Å²) in [6.07, 6.45) is 0. The molecule has 0 aliphatic rings. The predicted octanol–water partition coefficient (Wildman–Crippen LogP) is 1.98. The van der Waals surface area contributed by atoms with Gasteiger partial charge in [0.25, 0.3) is 0 Å². The van der Waals surface area contributed by atoms with Gasteiger partial charge in [-0.1, -0.05) is 0 Å². The van der Waals surface area contributed by atoms with E-state index in [2.05, 4.69) is 0 Å². The third kappa shape index (κ3) is 10.6. The summed E-state index contributed by atoms with van der Waals surface area (Å²) >= 11 is 13.1. The van der Waals surface area contributed by atoms with Crippen LogP contribution in [0, 0.1) is 0 Å². The highest BCUT2D eigenvalue weighted by Crippen LogP contribution is 2.08. The van der Waals surface area contributed by atoms with Crippen LogP contribution in [0.1, 0.15) is 0 Å². The largest absolute Gasteiger partial charge is 0.280 e. The van der Waals surface area contributed by atoms with Crippen molar-refractivity contribution >= 4 is 57.2 Å². The Morgan fingerprint density at radius 2 is 1.25 bits per heavy atom. The molecule has 0 amide bonds. The topological polar surface area (TPSA) is 34.1 Å². The van der Waals surface area contributed by atoms with Crippen molar-refractivity contribution in [1.29, 1.82) is 0 Å². The second-order valence-electron chi connectivity index (χ2n) is 1.82. The molecule has 70 valence electrons. The second kappa shape index (κ2) is 8.23. The van der Waals surface area contributed by atoms with Gasteiger partial charge in [0.1, 0.15) is 0 Å². The van der Waals surface area contributed by atoms with Gasteiger partial charge in [-0.25, -0.2) is 0 Å². The van der Waals surface area contributed by atoms with E-state index in [0.717, 1.165) is 11.5 Å². The minimum Gasteiger partial charge on any atom is -0.280 e. The van der Waals surface area contributed by atoms with Crippen molar-refractivity contribution in [2.45, 2.75) is 0 Å². The molecule has 12 heavy (non-hydrogen) atoms. The van der Waals surface area contributed by atoms with Crippen molar-refractivity contribution in [1.82, 2.24) is 0 Å². The molecule has 0 N–H and O–H groups in total. The molecule has 0 bridgehead atoms. The van der Waals surface area contributed by atoms with Crippen LogP contribution in [0.4, 0.5) is 0 Å². The zero-order valence-electron chi connectivity index (χ0n) is 6.22. The summed E-state index contributed by atoms with van der Waals surface area (Å²) in [7, 11) is 0. The normalized spacial score (nSPS) is 9.83. The molecule has 0 rings (SSSR count). The molecule has 0 aromatic heterocycles. The highest BCUT2D eigenvalue weighted by Gasteiger charge is 1.98. The molecule has 0 saturated heterocycles. The summed E-state index contributed by atoms with van der Waals surface area (Å²) < 4.78 is 0. The third-order valence-corrected chi connectivity index (χ3v) is 3.56. The molecule has 0 saturated carbocycles. The molecule has 0 atom stereocenters. The van der Waals surface area contributed by atoms with Gasteiger partial charge < -0.3 is 0 Å². The molecule has 0 aromatic rings. The average Bonchev–Trinajstić information content (AvgIpc) is 1.95. The summed E-state index contributed by atoms with van der Waals surface area (Å²) in [6, 6.07) is 0. The maximum atomic E-state index is 10.2. The van der Waals surface area contributed by atoms with E-state index in [1.54, 1.807) is 0 Å². The number of carbonyl (C=O) groups excluding carboxylic acids is 2. The van der Waals surface area contributed by atoms with Gasteiger partial charge in [0.15, 0.2) is 0 Å². The van der Waals surface area contributed by atoms with Crippen LogP contribution in [0.5, 0.6) is 0 Å². The Morgan fingerprint density at radius 1 is 0.917 bits per heavy atom. The molecule has 0 fully saturated rings. The molecule has 0 heterocycles. The Kier molecular flexibility index (Phi) is 8.65. The van der Waals surface area contributed by atoms with Crippen LogP contribution in [0.3, 0.4) is 0 Å². The molecule has 0 aliphatic carbocycles. The zero-order valence-corrected chi connectivity index (χ0v) is 9.36. The van der Waals surface area contributed by atoms with Gasteiger partial charge in [-0.2, -0.15) is 23.5 Å². The number of halogens is 2. The van der Waals surface area contributed by atoms with E-state index in [1.807, 2.05) is 0 Å². The van der Waals surface area contributed by atoms with Gasteiger partial charge in [0, 0.05) is 11.5 Å². The van der Waals surface area contributed by atoms with Crippen LogP contribution in [-0.4, -0.2) is 33.5 Å². The number of rotatable bonds is 7. The van der Waals surface area contributed by atoms with E-state index in [-0.39, 0.29) is 10.5 Å². The molecule has 0 aliphatic heterocycles. The lowest BCUT2D eigenvalue weighted by molar-refractivity contribution is -0.110. The number of thioether (sulfide) groups is 2. The maximum Gasteiger partial charge on any atom is 0.231 e. The smallest absolute Gasteiger partial charge is 0.231 e. The van der Waals surface area contributed by atoms with Crippen LogP contribution in [0.2, 0.25) is 0 Å². The van der Waals surface area contributed by atoms with Crippen molar-refractivity contribution in [2.24, 2.45) is 0 Å². The van der Waals surface area contributed by atoms with E-state index in [1.165, 1.54) is 23.5 Å². The second-order valence-corrected chi connectivity index (χ2v) is 4.87. The highest BCUT2D eigenvalue weighted by molar-refractivity contribution is 8.03. The summed E-state index contributed by atoms with van der Waals surface area (Å²) in [6.45, 7) is 0. The van der Waals surface area contributed by atoms with Crippen LogP contribution in [-0.2, 0) is 9.59 Å². The van der Waals surface area contributed by atoms with Crippen molar-refractivity contribution in [2.75, 3.05) is 23.0 Å². The molecule has 0 spiro atoms. The van der Waals surface area contributed by atoms with E-state index >= 15 is 0 Å². The fourth-order valence-corrected chi connectivity index (χ4v) is 2.44.